The highest BCUT2D eigenvalue weighted by molar-refractivity contribution is 5.29. The third-order valence-corrected chi connectivity index (χ3v) is 3.58. The van der Waals surface area contributed by atoms with Crippen molar-refractivity contribution in [1.82, 2.24) is 5.32 Å². The second kappa shape index (κ2) is 7.79. The summed E-state index contributed by atoms with van der Waals surface area (Å²) in [4.78, 5) is 0. The molecule has 112 valence electrons. The predicted molar refractivity (Wildman–Crippen MR) is 84.1 cm³/mol. The standard InChI is InChI=1S/C18H22FNO/c1-2-11-20-13-16(15-5-7-17(19)8-6-15)12-14-3-9-18(21)10-4-14/h3-10,16,20-21H,2,11-13H2,1H3. The first-order valence-electron chi connectivity index (χ1n) is 7.43. The van der Waals surface area contributed by atoms with Crippen molar-refractivity contribution in [2.45, 2.75) is 25.7 Å². The van der Waals surface area contributed by atoms with Crippen molar-refractivity contribution >= 4 is 0 Å². The van der Waals surface area contributed by atoms with E-state index in [2.05, 4.69) is 12.2 Å². The molecule has 1 unspecified atom stereocenters. The molecule has 0 aliphatic heterocycles. The number of hydrogen-bond acceptors (Lipinski definition) is 2. The molecule has 1 atom stereocenters. The maximum Gasteiger partial charge on any atom is 0.123 e. The first-order valence-corrected chi connectivity index (χ1v) is 7.43. The number of nitrogens with one attached hydrogen (secondary N) is 1. The summed E-state index contributed by atoms with van der Waals surface area (Å²) >= 11 is 0. The summed E-state index contributed by atoms with van der Waals surface area (Å²) in [7, 11) is 0. The molecular formula is C18H22FNO. The highest BCUT2D eigenvalue weighted by atomic mass is 19.1. The Morgan fingerprint density at radius 1 is 1.05 bits per heavy atom. The number of phenols is 1. The summed E-state index contributed by atoms with van der Waals surface area (Å²) in [6.07, 6.45) is 1.96. The third kappa shape index (κ3) is 4.87. The number of halogens is 1. The molecule has 0 saturated carbocycles. The van der Waals surface area contributed by atoms with Crippen LogP contribution in [-0.2, 0) is 6.42 Å². The van der Waals surface area contributed by atoms with E-state index in [1.807, 2.05) is 24.3 Å². The Balaban J connectivity index is 2.11. The molecule has 3 heteroatoms. The SMILES string of the molecule is CCCNCC(Cc1ccc(O)cc1)c1ccc(F)cc1. The van der Waals surface area contributed by atoms with Gasteiger partial charge in [0.1, 0.15) is 11.6 Å². The Kier molecular flexibility index (Phi) is 5.76. The fourth-order valence-corrected chi connectivity index (χ4v) is 2.41. The zero-order valence-corrected chi connectivity index (χ0v) is 12.3. The van der Waals surface area contributed by atoms with Crippen molar-refractivity contribution in [3.05, 3.63) is 65.5 Å². The van der Waals surface area contributed by atoms with Gasteiger partial charge in [0.25, 0.3) is 0 Å². The molecule has 2 rings (SSSR count). The molecule has 0 aliphatic carbocycles. The summed E-state index contributed by atoms with van der Waals surface area (Å²) in [5.41, 5.74) is 2.30. The fourth-order valence-electron chi connectivity index (χ4n) is 2.41. The molecule has 21 heavy (non-hydrogen) atoms. The van der Waals surface area contributed by atoms with Crippen molar-refractivity contribution in [2.24, 2.45) is 0 Å². The van der Waals surface area contributed by atoms with E-state index in [1.54, 1.807) is 12.1 Å². The molecule has 2 nitrogen and oxygen atoms in total. The average Bonchev–Trinajstić information content (AvgIpc) is 2.49. The van der Waals surface area contributed by atoms with E-state index in [0.29, 0.717) is 5.92 Å². The van der Waals surface area contributed by atoms with Gasteiger partial charge < -0.3 is 10.4 Å². The first-order chi connectivity index (χ1) is 10.2. The second-order valence-corrected chi connectivity index (χ2v) is 5.32. The topological polar surface area (TPSA) is 32.3 Å². The van der Waals surface area contributed by atoms with E-state index in [4.69, 9.17) is 0 Å². The van der Waals surface area contributed by atoms with Gasteiger partial charge in [0, 0.05) is 12.5 Å². The lowest BCUT2D eigenvalue weighted by Crippen LogP contribution is -2.23. The van der Waals surface area contributed by atoms with Crippen LogP contribution in [0.25, 0.3) is 0 Å². The average molecular weight is 287 g/mol. The van der Waals surface area contributed by atoms with E-state index in [-0.39, 0.29) is 11.6 Å². The molecular weight excluding hydrogens is 265 g/mol. The number of hydrogen-bond donors (Lipinski definition) is 2. The molecule has 0 spiro atoms. The van der Waals surface area contributed by atoms with Crippen LogP contribution in [0.5, 0.6) is 5.75 Å². The zero-order valence-electron chi connectivity index (χ0n) is 12.3. The fraction of sp³-hybridized carbons (Fsp3) is 0.333. The molecule has 2 aromatic carbocycles. The van der Waals surface area contributed by atoms with Gasteiger partial charge in [0.2, 0.25) is 0 Å². The van der Waals surface area contributed by atoms with Crippen LogP contribution in [0.1, 0.15) is 30.4 Å². The lowest BCUT2D eigenvalue weighted by Gasteiger charge is -2.18. The van der Waals surface area contributed by atoms with Crippen LogP contribution in [0.15, 0.2) is 48.5 Å². The molecule has 0 saturated heterocycles. The molecule has 0 fully saturated rings. The Labute approximate surface area is 125 Å². The van der Waals surface area contributed by atoms with Crippen LogP contribution in [0.2, 0.25) is 0 Å². The first kappa shape index (κ1) is 15.5. The van der Waals surface area contributed by atoms with Gasteiger partial charge in [0.15, 0.2) is 0 Å². The highest BCUT2D eigenvalue weighted by Gasteiger charge is 2.12. The third-order valence-electron chi connectivity index (χ3n) is 3.58. The zero-order chi connectivity index (χ0) is 15.1. The van der Waals surface area contributed by atoms with E-state index < -0.39 is 0 Å². The van der Waals surface area contributed by atoms with Crippen molar-refractivity contribution in [2.75, 3.05) is 13.1 Å². The summed E-state index contributed by atoms with van der Waals surface area (Å²) < 4.78 is 13.1. The van der Waals surface area contributed by atoms with Gasteiger partial charge in [-0.1, -0.05) is 31.2 Å². The van der Waals surface area contributed by atoms with E-state index in [0.717, 1.165) is 31.5 Å². The predicted octanol–water partition coefficient (Wildman–Crippen LogP) is 3.86. The van der Waals surface area contributed by atoms with Gasteiger partial charge in [-0.3, -0.25) is 0 Å². The molecule has 0 aliphatic rings. The Morgan fingerprint density at radius 2 is 1.71 bits per heavy atom. The van der Waals surface area contributed by atoms with Crippen molar-refractivity contribution < 1.29 is 9.50 Å². The lowest BCUT2D eigenvalue weighted by molar-refractivity contribution is 0.475. The molecule has 0 radical (unpaired) electrons. The van der Waals surface area contributed by atoms with Gasteiger partial charge in [0.05, 0.1) is 0 Å². The number of phenolic OH excluding ortho intramolecular Hbond substituents is 1. The highest BCUT2D eigenvalue weighted by Crippen LogP contribution is 2.22. The van der Waals surface area contributed by atoms with E-state index in [1.165, 1.54) is 17.7 Å². The van der Waals surface area contributed by atoms with Crippen molar-refractivity contribution in [3.8, 4) is 5.75 Å². The van der Waals surface area contributed by atoms with Gasteiger partial charge in [-0.05, 0) is 54.8 Å². The largest absolute Gasteiger partial charge is 0.508 e. The minimum Gasteiger partial charge on any atom is -0.508 e. The number of rotatable bonds is 7. The molecule has 0 heterocycles. The van der Waals surface area contributed by atoms with Gasteiger partial charge in [-0.2, -0.15) is 0 Å². The smallest absolute Gasteiger partial charge is 0.123 e. The Bertz CT molecular complexity index is 536. The minimum atomic E-state index is -0.205. The number of aromatic hydroxyl groups is 1. The van der Waals surface area contributed by atoms with Gasteiger partial charge in [-0.25, -0.2) is 4.39 Å². The molecule has 0 bridgehead atoms. The molecule has 0 aromatic heterocycles. The summed E-state index contributed by atoms with van der Waals surface area (Å²) in [5, 5.41) is 12.8. The molecule has 0 amide bonds. The molecule has 2 N–H and O–H groups in total. The van der Waals surface area contributed by atoms with Gasteiger partial charge >= 0.3 is 0 Å². The van der Waals surface area contributed by atoms with Crippen LogP contribution in [-0.4, -0.2) is 18.2 Å². The Morgan fingerprint density at radius 3 is 2.33 bits per heavy atom. The Hall–Kier alpha value is -1.87. The van der Waals surface area contributed by atoms with Crippen molar-refractivity contribution in [1.29, 1.82) is 0 Å². The summed E-state index contributed by atoms with van der Waals surface area (Å²) in [5.74, 6) is 0.367. The maximum atomic E-state index is 13.1. The quantitative estimate of drug-likeness (QED) is 0.758. The lowest BCUT2D eigenvalue weighted by atomic mass is 9.92. The van der Waals surface area contributed by atoms with Crippen molar-refractivity contribution in [3.63, 3.8) is 0 Å². The van der Waals surface area contributed by atoms with Crippen LogP contribution in [0.3, 0.4) is 0 Å². The summed E-state index contributed by atoms with van der Waals surface area (Å²) in [6.45, 7) is 3.98. The summed E-state index contributed by atoms with van der Waals surface area (Å²) in [6, 6.07) is 14.0. The number of benzene rings is 2. The van der Waals surface area contributed by atoms with Crippen LogP contribution in [0.4, 0.5) is 4.39 Å². The van der Waals surface area contributed by atoms with Crippen LogP contribution < -0.4 is 5.32 Å². The maximum absolute atomic E-state index is 13.1. The normalized spacial score (nSPS) is 12.3. The van der Waals surface area contributed by atoms with E-state index >= 15 is 0 Å². The monoisotopic (exact) mass is 287 g/mol. The second-order valence-electron chi connectivity index (χ2n) is 5.32. The van der Waals surface area contributed by atoms with Crippen LogP contribution >= 0.6 is 0 Å². The minimum absolute atomic E-state index is 0.205. The van der Waals surface area contributed by atoms with Gasteiger partial charge in [-0.15, -0.1) is 0 Å². The van der Waals surface area contributed by atoms with Crippen LogP contribution in [0, 0.1) is 5.82 Å². The van der Waals surface area contributed by atoms with E-state index in [9.17, 15) is 9.50 Å². The molecule has 2 aromatic rings.